The fourth-order valence-electron chi connectivity index (χ4n) is 1.79. The average molecular weight is 304 g/mol. The fourth-order valence-corrected chi connectivity index (χ4v) is 2.34. The summed E-state index contributed by atoms with van der Waals surface area (Å²) in [6.45, 7) is 2.17. The summed E-state index contributed by atoms with van der Waals surface area (Å²) in [4.78, 5) is 0. The first-order chi connectivity index (χ1) is 7.95. The number of hydrogen-bond donors (Lipinski definition) is 1. The largest absolute Gasteiger partial charge is 1.00 e. The zero-order valence-corrected chi connectivity index (χ0v) is 15.7. The van der Waals surface area contributed by atoms with Crippen LogP contribution >= 0.6 is 0 Å². The molecule has 0 fully saturated rings. The third-order valence-corrected chi connectivity index (χ3v) is 3.61. The molecule has 0 aromatic rings. The van der Waals surface area contributed by atoms with E-state index in [2.05, 4.69) is 6.92 Å². The smallest absolute Gasteiger partial charge is 0.748 e. The molecule has 0 saturated carbocycles. The molecular formula is C12H25KO4S. The minimum absolute atomic E-state index is 0. The molecule has 0 spiro atoms. The molecule has 1 N–H and O–H groups in total. The molecule has 1 unspecified atom stereocenters. The van der Waals surface area contributed by atoms with Crippen LogP contribution in [0.25, 0.3) is 0 Å². The zero-order valence-electron chi connectivity index (χ0n) is 11.7. The van der Waals surface area contributed by atoms with Crippen LogP contribution < -0.4 is 51.4 Å². The van der Waals surface area contributed by atoms with Crippen molar-refractivity contribution >= 4 is 10.1 Å². The second kappa shape index (κ2) is 13.5. The number of rotatable bonds is 11. The summed E-state index contributed by atoms with van der Waals surface area (Å²) in [5.41, 5.74) is 0. The van der Waals surface area contributed by atoms with E-state index in [0.29, 0.717) is 19.3 Å². The summed E-state index contributed by atoms with van der Waals surface area (Å²) in [5, 5.41) is 9.61. The van der Waals surface area contributed by atoms with Crippen molar-refractivity contribution in [2.45, 2.75) is 70.8 Å². The van der Waals surface area contributed by atoms with Crippen molar-refractivity contribution in [3.05, 3.63) is 0 Å². The molecule has 18 heavy (non-hydrogen) atoms. The molecule has 6 heteroatoms. The van der Waals surface area contributed by atoms with Gasteiger partial charge in [-0.25, -0.2) is 8.42 Å². The van der Waals surface area contributed by atoms with E-state index in [4.69, 9.17) is 0 Å². The predicted molar refractivity (Wildman–Crippen MR) is 67.8 cm³/mol. The molecule has 0 rings (SSSR count). The fraction of sp³-hybridized carbons (Fsp3) is 1.00. The predicted octanol–water partition coefficient (Wildman–Crippen LogP) is -0.573. The minimum Gasteiger partial charge on any atom is -0.748 e. The Morgan fingerprint density at radius 1 is 1.00 bits per heavy atom. The van der Waals surface area contributed by atoms with Crippen LogP contribution in [0.3, 0.4) is 0 Å². The van der Waals surface area contributed by atoms with Gasteiger partial charge < -0.3 is 9.66 Å². The molecule has 0 aromatic heterocycles. The Hall–Kier alpha value is 1.51. The average Bonchev–Trinajstić information content (AvgIpc) is 2.23. The molecule has 0 aliphatic heterocycles. The van der Waals surface area contributed by atoms with E-state index in [1.165, 1.54) is 19.3 Å². The van der Waals surface area contributed by atoms with Crippen molar-refractivity contribution in [2.24, 2.45) is 0 Å². The van der Waals surface area contributed by atoms with E-state index in [0.717, 1.165) is 19.3 Å². The quantitative estimate of drug-likeness (QED) is 0.315. The summed E-state index contributed by atoms with van der Waals surface area (Å²) in [7, 11) is -4.08. The second-order valence-corrected chi connectivity index (χ2v) is 6.14. The van der Waals surface area contributed by atoms with Crippen LogP contribution in [-0.4, -0.2) is 29.9 Å². The van der Waals surface area contributed by atoms with Crippen molar-refractivity contribution in [3.63, 3.8) is 0 Å². The molecule has 0 bridgehead atoms. The number of unbranched alkanes of at least 4 members (excludes halogenated alkanes) is 5. The SMILES string of the molecule is CCCCCCCC(O)CCCCS(=O)(=O)[O-].[K+]. The minimum atomic E-state index is -4.08. The van der Waals surface area contributed by atoms with Gasteiger partial charge in [0, 0.05) is 5.75 Å². The molecule has 104 valence electrons. The maximum Gasteiger partial charge on any atom is 1.00 e. The summed E-state index contributed by atoms with van der Waals surface area (Å²) in [6, 6.07) is 0. The standard InChI is InChI=1S/C12H26O4S.K/c1-2-3-4-5-6-9-12(13)10-7-8-11-17(14,15)16;/h12-13H,2-11H2,1H3,(H,14,15,16);/q;+1/p-1. The number of aliphatic hydroxyl groups excluding tert-OH is 1. The molecule has 0 heterocycles. The van der Waals surface area contributed by atoms with Gasteiger partial charge >= 0.3 is 51.4 Å². The molecule has 0 amide bonds. The molecule has 0 aliphatic carbocycles. The van der Waals surface area contributed by atoms with Crippen molar-refractivity contribution in [1.82, 2.24) is 0 Å². The summed E-state index contributed by atoms with van der Waals surface area (Å²) in [5.74, 6) is -0.309. The molecule has 0 radical (unpaired) electrons. The van der Waals surface area contributed by atoms with Crippen LogP contribution in [0.15, 0.2) is 0 Å². The Morgan fingerprint density at radius 3 is 2.00 bits per heavy atom. The first kappa shape index (κ1) is 21.8. The van der Waals surface area contributed by atoms with Gasteiger partial charge in [-0.05, 0) is 25.7 Å². The van der Waals surface area contributed by atoms with E-state index in [1.54, 1.807) is 0 Å². The molecule has 1 atom stereocenters. The van der Waals surface area contributed by atoms with E-state index >= 15 is 0 Å². The Bertz CT molecular complexity index is 267. The van der Waals surface area contributed by atoms with Gasteiger partial charge in [0.05, 0.1) is 16.2 Å². The third-order valence-electron chi connectivity index (χ3n) is 2.82. The zero-order chi connectivity index (χ0) is 13.1. The Morgan fingerprint density at radius 2 is 1.50 bits per heavy atom. The molecule has 4 nitrogen and oxygen atoms in total. The van der Waals surface area contributed by atoms with Gasteiger partial charge in [-0.1, -0.05) is 39.0 Å². The van der Waals surface area contributed by atoms with E-state index in [1.807, 2.05) is 0 Å². The van der Waals surface area contributed by atoms with Crippen LogP contribution in [0.1, 0.15) is 64.7 Å². The van der Waals surface area contributed by atoms with Gasteiger partial charge in [0.2, 0.25) is 0 Å². The van der Waals surface area contributed by atoms with Crippen molar-refractivity contribution < 1.29 is 69.5 Å². The van der Waals surface area contributed by atoms with Crippen LogP contribution in [-0.2, 0) is 10.1 Å². The van der Waals surface area contributed by atoms with Crippen LogP contribution in [0.2, 0.25) is 0 Å². The van der Waals surface area contributed by atoms with Gasteiger partial charge in [0.15, 0.2) is 0 Å². The van der Waals surface area contributed by atoms with Crippen molar-refractivity contribution in [1.29, 1.82) is 0 Å². The van der Waals surface area contributed by atoms with Gasteiger partial charge in [-0.2, -0.15) is 0 Å². The van der Waals surface area contributed by atoms with E-state index in [9.17, 15) is 18.1 Å². The number of hydrogen-bond acceptors (Lipinski definition) is 4. The maximum atomic E-state index is 10.3. The van der Waals surface area contributed by atoms with E-state index < -0.39 is 10.1 Å². The Labute approximate surface area is 154 Å². The van der Waals surface area contributed by atoms with Gasteiger partial charge in [0.25, 0.3) is 0 Å². The van der Waals surface area contributed by atoms with Gasteiger partial charge in [-0.3, -0.25) is 0 Å². The molecule has 0 aliphatic rings. The Kier molecular flexibility index (Phi) is 16.3. The summed E-state index contributed by atoms with van der Waals surface area (Å²) >= 11 is 0. The summed E-state index contributed by atoms with van der Waals surface area (Å²) < 4.78 is 31.0. The van der Waals surface area contributed by atoms with Crippen molar-refractivity contribution in [2.75, 3.05) is 5.75 Å². The van der Waals surface area contributed by atoms with Crippen LogP contribution in [0, 0.1) is 0 Å². The van der Waals surface area contributed by atoms with Gasteiger partial charge in [-0.15, -0.1) is 0 Å². The number of aliphatic hydroxyl groups is 1. The molecule has 0 saturated heterocycles. The Balaban J connectivity index is 0. The topological polar surface area (TPSA) is 77.4 Å². The van der Waals surface area contributed by atoms with Crippen LogP contribution in [0.4, 0.5) is 0 Å². The second-order valence-electron chi connectivity index (χ2n) is 4.61. The monoisotopic (exact) mass is 304 g/mol. The van der Waals surface area contributed by atoms with Crippen molar-refractivity contribution in [3.8, 4) is 0 Å². The summed E-state index contributed by atoms with van der Waals surface area (Å²) in [6.07, 6.45) is 7.88. The first-order valence-corrected chi connectivity index (χ1v) is 8.15. The maximum absolute atomic E-state index is 10.3. The first-order valence-electron chi connectivity index (χ1n) is 6.57. The normalized spacial score (nSPS) is 13.1. The molecular weight excluding hydrogens is 279 g/mol. The van der Waals surface area contributed by atoms with Crippen LogP contribution in [0.5, 0.6) is 0 Å². The third kappa shape index (κ3) is 17.5. The van der Waals surface area contributed by atoms with Gasteiger partial charge in [0.1, 0.15) is 0 Å². The molecule has 0 aromatic carbocycles. The van der Waals surface area contributed by atoms with E-state index in [-0.39, 0.29) is 63.2 Å².